The molecular weight excluding hydrogens is 305 g/mol. The number of aliphatic hydroxyl groups is 1. The number of amides is 1. The third-order valence-electron chi connectivity index (χ3n) is 1.90. The standard InChI is InChI=1S/C6H8O7.C3H5NOS.Na.H/c7-3(8)1-6(13,5(11)12)2-4(9)10;5-3-1-2-6-4-3;;/h13H,1-2H2,(H,7,8)(H,9,10)(H,11,12);1-2H2,(H,4,5);;/q;;+1;-1. The molecule has 0 aromatic heterocycles. The van der Waals surface area contributed by atoms with Crippen molar-refractivity contribution in [1.29, 1.82) is 0 Å². The maximum Gasteiger partial charge on any atom is 1.00 e. The van der Waals surface area contributed by atoms with E-state index in [0.717, 1.165) is 5.75 Å². The maximum atomic E-state index is 10.3. The number of carbonyl (C=O) groups excluding carboxylic acids is 1. The molecule has 1 aliphatic heterocycles. The topological polar surface area (TPSA) is 161 Å². The van der Waals surface area contributed by atoms with Crippen LogP contribution >= 0.6 is 11.9 Å². The fourth-order valence-corrected chi connectivity index (χ4v) is 1.69. The molecule has 9 nitrogen and oxygen atoms in total. The van der Waals surface area contributed by atoms with E-state index in [1.165, 1.54) is 11.9 Å². The van der Waals surface area contributed by atoms with Crippen molar-refractivity contribution >= 4 is 35.8 Å². The minimum atomic E-state index is -2.74. The minimum Gasteiger partial charge on any atom is -1.00 e. The first-order valence-electron chi connectivity index (χ1n) is 4.97. The predicted molar refractivity (Wildman–Crippen MR) is 63.4 cm³/mol. The molecule has 1 rings (SSSR count). The third-order valence-corrected chi connectivity index (χ3v) is 2.68. The Morgan fingerprint density at radius 1 is 1.20 bits per heavy atom. The number of hydrogen-bond donors (Lipinski definition) is 5. The van der Waals surface area contributed by atoms with Crippen molar-refractivity contribution in [2.24, 2.45) is 0 Å². The summed E-state index contributed by atoms with van der Waals surface area (Å²) in [6.07, 6.45) is -1.59. The van der Waals surface area contributed by atoms with Crippen molar-refractivity contribution in [3.63, 3.8) is 0 Å². The molecule has 11 heteroatoms. The van der Waals surface area contributed by atoms with Gasteiger partial charge in [-0.3, -0.25) is 14.4 Å². The van der Waals surface area contributed by atoms with Gasteiger partial charge in [-0.25, -0.2) is 4.79 Å². The van der Waals surface area contributed by atoms with E-state index in [2.05, 4.69) is 4.72 Å². The van der Waals surface area contributed by atoms with Crippen LogP contribution in [0.3, 0.4) is 0 Å². The average molecular weight is 319 g/mol. The van der Waals surface area contributed by atoms with Crippen molar-refractivity contribution in [1.82, 2.24) is 4.72 Å². The zero-order valence-electron chi connectivity index (χ0n) is 11.7. The van der Waals surface area contributed by atoms with Crippen molar-refractivity contribution < 1.29 is 70.6 Å². The molecule has 0 aliphatic carbocycles. The number of nitrogens with one attached hydrogen (secondary N) is 1. The summed E-state index contributed by atoms with van der Waals surface area (Å²) in [6.45, 7) is 0. The molecule has 1 heterocycles. The first-order valence-corrected chi connectivity index (χ1v) is 5.96. The molecule has 1 aliphatic rings. The summed E-state index contributed by atoms with van der Waals surface area (Å²) in [6, 6.07) is 0. The summed E-state index contributed by atoms with van der Waals surface area (Å²) in [5, 5.41) is 33.8. The Kier molecular flexibility index (Phi) is 10.7. The Bertz CT molecular complexity index is 370. The molecule has 20 heavy (non-hydrogen) atoms. The molecule has 0 aromatic rings. The van der Waals surface area contributed by atoms with Gasteiger partial charge in [-0.05, 0) is 11.9 Å². The number of rotatable bonds is 5. The molecular formula is C9H14NNaO8S. The molecule has 0 aromatic carbocycles. The van der Waals surface area contributed by atoms with Gasteiger partial charge in [0.2, 0.25) is 5.91 Å². The van der Waals surface area contributed by atoms with Crippen molar-refractivity contribution in [3.8, 4) is 0 Å². The summed E-state index contributed by atoms with van der Waals surface area (Å²) in [7, 11) is 0. The molecule has 0 bridgehead atoms. The molecule has 0 radical (unpaired) electrons. The van der Waals surface area contributed by atoms with E-state index in [9.17, 15) is 19.2 Å². The fraction of sp³-hybridized carbons (Fsp3) is 0.556. The molecule has 1 amide bonds. The summed E-state index contributed by atoms with van der Waals surface area (Å²) in [4.78, 5) is 40.6. The predicted octanol–water partition coefficient (Wildman–Crippen LogP) is -3.98. The van der Waals surface area contributed by atoms with Gasteiger partial charge in [0, 0.05) is 12.2 Å². The SMILES string of the molecule is O=C(O)CC(O)(CC(=O)O)C(=O)O.O=C1CCSN1.[H-].[Na+]. The number of hydrogen-bond acceptors (Lipinski definition) is 6. The first-order chi connectivity index (χ1) is 8.67. The molecule has 0 saturated carbocycles. The summed E-state index contributed by atoms with van der Waals surface area (Å²) < 4.78 is 2.60. The molecule has 5 N–H and O–H groups in total. The van der Waals surface area contributed by atoms with Crippen LogP contribution in [0.1, 0.15) is 20.7 Å². The van der Waals surface area contributed by atoms with Crippen LogP contribution in [0, 0.1) is 0 Å². The molecule has 110 valence electrons. The third kappa shape index (κ3) is 9.15. The monoisotopic (exact) mass is 319 g/mol. The molecule has 0 unspecified atom stereocenters. The van der Waals surface area contributed by atoms with E-state index in [0.29, 0.717) is 6.42 Å². The van der Waals surface area contributed by atoms with E-state index >= 15 is 0 Å². The Hall–Kier alpha value is -0.810. The molecule has 0 spiro atoms. The Balaban J connectivity index is -0.000000342. The zero-order chi connectivity index (χ0) is 15.1. The smallest absolute Gasteiger partial charge is 1.00 e. The van der Waals surface area contributed by atoms with Crippen LogP contribution in [0.2, 0.25) is 0 Å². The van der Waals surface area contributed by atoms with Crippen LogP contribution in [-0.4, -0.2) is 55.6 Å². The summed E-state index contributed by atoms with van der Waals surface area (Å²) in [5.41, 5.74) is -2.74. The molecule has 1 saturated heterocycles. The second kappa shape index (κ2) is 10.00. The normalized spacial score (nSPS) is 13.3. The second-order valence-corrected chi connectivity index (χ2v) is 4.50. The molecule has 0 atom stereocenters. The Labute approximate surface area is 141 Å². The largest absolute Gasteiger partial charge is 1.00 e. The van der Waals surface area contributed by atoms with Gasteiger partial charge in [0.1, 0.15) is 0 Å². The number of carbonyl (C=O) groups is 4. The van der Waals surface area contributed by atoms with Gasteiger partial charge in [0.05, 0.1) is 12.8 Å². The molecule has 1 fully saturated rings. The second-order valence-electron chi connectivity index (χ2n) is 3.60. The van der Waals surface area contributed by atoms with E-state index in [-0.39, 0.29) is 36.9 Å². The summed E-state index contributed by atoms with van der Waals surface area (Å²) in [5.74, 6) is -3.91. The van der Waals surface area contributed by atoms with Crippen molar-refractivity contribution in [2.45, 2.75) is 24.9 Å². The zero-order valence-corrected chi connectivity index (χ0v) is 13.5. The summed E-state index contributed by atoms with van der Waals surface area (Å²) >= 11 is 1.48. The van der Waals surface area contributed by atoms with Crippen molar-refractivity contribution in [2.75, 3.05) is 5.75 Å². The van der Waals surface area contributed by atoms with Gasteiger partial charge >= 0.3 is 47.5 Å². The van der Waals surface area contributed by atoms with Gasteiger partial charge < -0.3 is 26.6 Å². The van der Waals surface area contributed by atoms with Crippen LogP contribution in [0.5, 0.6) is 0 Å². The number of carboxylic acids is 3. The number of carboxylic acid groups (broad SMARTS) is 3. The van der Waals surface area contributed by atoms with Crippen LogP contribution in [0.15, 0.2) is 0 Å². The van der Waals surface area contributed by atoms with E-state index in [1.807, 2.05) is 0 Å². The Morgan fingerprint density at radius 3 is 1.80 bits per heavy atom. The van der Waals surface area contributed by atoms with E-state index in [4.69, 9.17) is 20.4 Å². The van der Waals surface area contributed by atoms with Crippen LogP contribution in [0.25, 0.3) is 0 Å². The van der Waals surface area contributed by atoms with Gasteiger partial charge in [0.15, 0.2) is 5.60 Å². The van der Waals surface area contributed by atoms with Crippen LogP contribution in [-0.2, 0) is 19.2 Å². The first kappa shape index (κ1) is 21.5. The van der Waals surface area contributed by atoms with Crippen molar-refractivity contribution in [3.05, 3.63) is 0 Å². The van der Waals surface area contributed by atoms with Gasteiger partial charge in [-0.2, -0.15) is 0 Å². The average Bonchev–Trinajstić information content (AvgIpc) is 2.67. The number of aliphatic carboxylic acids is 3. The van der Waals surface area contributed by atoms with Gasteiger partial charge in [-0.1, -0.05) is 0 Å². The van der Waals surface area contributed by atoms with Gasteiger partial charge in [0.25, 0.3) is 0 Å². The Morgan fingerprint density at radius 2 is 1.65 bits per heavy atom. The minimum absolute atomic E-state index is 0. The van der Waals surface area contributed by atoms with Gasteiger partial charge in [-0.15, -0.1) is 0 Å². The maximum absolute atomic E-state index is 10.3. The quantitative estimate of drug-likeness (QED) is 0.251. The van der Waals surface area contributed by atoms with Crippen LogP contribution < -0.4 is 34.3 Å². The van der Waals surface area contributed by atoms with E-state index < -0.39 is 36.4 Å². The fourth-order valence-electron chi connectivity index (χ4n) is 1.04. The van der Waals surface area contributed by atoms with E-state index in [1.54, 1.807) is 0 Å². The van der Waals surface area contributed by atoms with Crippen LogP contribution in [0.4, 0.5) is 0 Å².